The number of benzene rings is 1. The third-order valence-corrected chi connectivity index (χ3v) is 6.05. The van der Waals surface area contributed by atoms with Gasteiger partial charge < -0.3 is 15.4 Å². The van der Waals surface area contributed by atoms with Crippen molar-refractivity contribution in [3.8, 4) is 5.75 Å². The SMILES string of the molecule is CN=C(NCCOc1ccc(C)cc1)NCC1CCN(Cc2csc(C)n2)CC1.I. The molecule has 3 rings (SSSR count). The molecular weight excluding hydrogens is 509 g/mol. The van der Waals surface area contributed by atoms with Crippen molar-refractivity contribution in [1.29, 1.82) is 0 Å². The van der Waals surface area contributed by atoms with Crippen LogP contribution >= 0.6 is 35.3 Å². The van der Waals surface area contributed by atoms with Gasteiger partial charge in [0.15, 0.2) is 5.96 Å². The first-order valence-electron chi connectivity index (χ1n) is 10.4. The zero-order chi connectivity index (χ0) is 20.5. The van der Waals surface area contributed by atoms with Crippen LogP contribution in [0.4, 0.5) is 0 Å². The summed E-state index contributed by atoms with van der Waals surface area (Å²) < 4.78 is 5.76. The Morgan fingerprint density at radius 2 is 1.93 bits per heavy atom. The highest BCUT2D eigenvalue weighted by atomic mass is 127. The number of rotatable bonds is 8. The molecule has 166 valence electrons. The minimum Gasteiger partial charge on any atom is -0.492 e. The number of hydrogen-bond donors (Lipinski definition) is 2. The molecule has 30 heavy (non-hydrogen) atoms. The summed E-state index contributed by atoms with van der Waals surface area (Å²) in [5, 5.41) is 10.1. The van der Waals surface area contributed by atoms with Crippen LogP contribution in [0.25, 0.3) is 0 Å². The second kappa shape index (κ2) is 13.1. The summed E-state index contributed by atoms with van der Waals surface area (Å²) in [6, 6.07) is 8.13. The van der Waals surface area contributed by atoms with Crippen molar-refractivity contribution >= 4 is 41.3 Å². The Bertz CT molecular complexity index is 772. The van der Waals surface area contributed by atoms with Gasteiger partial charge in [0.25, 0.3) is 0 Å². The Balaban J connectivity index is 0.00000320. The van der Waals surface area contributed by atoms with E-state index in [9.17, 15) is 0 Å². The Morgan fingerprint density at radius 1 is 1.20 bits per heavy atom. The number of aliphatic imine (C=N–C) groups is 1. The van der Waals surface area contributed by atoms with E-state index in [2.05, 4.69) is 56.9 Å². The number of piperidine rings is 1. The quantitative estimate of drug-likeness (QED) is 0.230. The molecule has 6 nitrogen and oxygen atoms in total. The molecule has 2 N–H and O–H groups in total. The molecule has 2 heterocycles. The van der Waals surface area contributed by atoms with Gasteiger partial charge in [-0.05, 0) is 57.8 Å². The van der Waals surface area contributed by atoms with E-state index < -0.39 is 0 Å². The number of hydrogen-bond acceptors (Lipinski definition) is 5. The number of nitrogens with one attached hydrogen (secondary N) is 2. The zero-order valence-electron chi connectivity index (χ0n) is 18.2. The Labute approximate surface area is 201 Å². The van der Waals surface area contributed by atoms with Crippen molar-refractivity contribution in [2.45, 2.75) is 33.2 Å². The predicted octanol–water partition coefficient (Wildman–Crippen LogP) is 3.83. The normalized spacial score (nSPS) is 15.5. The van der Waals surface area contributed by atoms with Crippen LogP contribution in [-0.2, 0) is 6.54 Å². The molecule has 0 amide bonds. The molecule has 1 aliphatic rings. The number of likely N-dealkylation sites (tertiary alicyclic amines) is 1. The maximum absolute atomic E-state index is 5.76. The third kappa shape index (κ3) is 8.39. The molecule has 0 saturated carbocycles. The number of ether oxygens (including phenoxy) is 1. The van der Waals surface area contributed by atoms with Gasteiger partial charge in [-0.3, -0.25) is 9.89 Å². The largest absolute Gasteiger partial charge is 0.492 e. The van der Waals surface area contributed by atoms with Crippen molar-refractivity contribution < 1.29 is 4.74 Å². The van der Waals surface area contributed by atoms with E-state index >= 15 is 0 Å². The van der Waals surface area contributed by atoms with E-state index in [0.29, 0.717) is 12.5 Å². The van der Waals surface area contributed by atoms with Crippen LogP contribution < -0.4 is 15.4 Å². The summed E-state index contributed by atoms with van der Waals surface area (Å²) in [6.07, 6.45) is 2.42. The van der Waals surface area contributed by atoms with Crippen molar-refractivity contribution in [3.05, 3.63) is 45.9 Å². The van der Waals surface area contributed by atoms with Crippen LogP contribution in [0.3, 0.4) is 0 Å². The molecule has 0 unspecified atom stereocenters. The Kier molecular flexibility index (Phi) is 10.9. The zero-order valence-corrected chi connectivity index (χ0v) is 21.3. The minimum atomic E-state index is 0. The van der Waals surface area contributed by atoms with E-state index in [1.54, 1.807) is 11.3 Å². The molecule has 1 aromatic heterocycles. The van der Waals surface area contributed by atoms with E-state index in [-0.39, 0.29) is 24.0 Å². The lowest BCUT2D eigenvalue weighted by molar-refractivity contribution is 0.176. The average Bonchev–Trinajstić information content (AvgIpc) is 3.14. The highest BCUT2D eigenvalue weighted by molar-refractivity contribution is 14.0. The van der Waals surface area contributed by atoms with Crippen LogP contribution in [0.15, 0.2) is 34.6 Å². The number of aryl methyl sites for hydroxylation is 2. The highest BCUT2D eigenvalue weighted by Crippen LogP contribution is 2.19. The van der Waals surface area contributed by atoms with Gasteiger partial charge >= 0.3 is 0 Å². The standard InChI is InChI=1S/C22H33N5OS.HI/c1-17-4-6-21(7-5-17)28-13-10-24-22(23-3)25-14-19-8-11-27(12-9-19)15-20-16-29-18(2)26-20;/h4-7,16,19H,8-15H2,1-3H3,(H2,23,24,25);1H. The molecule has 1 aliphatic heterocycles. The summed E-state index contributed by atoms with van der Waals surface area (Å²) in [6.45, 7) is 9.70. The lowest BCUT2D eigenvalue weighted by Gasteiger charge is -2.31. The molecule has 0 radical (unpaired) electrons. The van der Waals surface area contributed by atoms with Gasteiger partial charge in [-0.2, -0.15) is 0 Å². The summed E-state index contributed by atoms with van der Waals surface area (Å²) in [7, 11) is 1.81. The highest BCUT2D eigenvalue weighted by Gasteiger charge is 2.20. The van der Waals surface area contributed by atoms with Crippen molar-refractivity contribution in [3.63, 3.8) is 0 Å². The third-order valence-electron chi connectivity index (χ3n) is 5.23. The molecule has 0 spiro atoms. The molecule has 2 aromatic rings. The molecule has 0 atom stereocenters. The first kappa shape index (κ1) is 24.9. The van der Waals surface area contributed by atoms with Crippen molar-refractivity contribution in [1.82, 2.24) is 20.5 Å². The molecular formula is C22H34IN5OS. The number of nitrogens with zero attached hydrogens (tertiary/aromatic N) is 3. The lowest BCUT2D eigenvalue weighted by Crippen LogP contribution is -2.43. The topological polar surface area (TPSA) is 61.8 Å². The predicted molar refractivity (Wildman–Crippen MR) is 136 cm³/mol. The second-order valence-corrected chi connectivity index (χ2v) is 8.68. The van der Waals surface area contributed by atoms with E-state index in [4.69, 9.17) is 4.74 Å². The molecule has 8 heteroatoms. The van der Waals surface area contributed by atoms with Crippen LogP contribution in [0, 0.1) is 19.8 Å². The summed E-state index contributed by atoms with van der Waals surface area (Å²) in [5.41, 5.74) is 2.45. The first-order valence-corrected chi connectivity index (χ1v) is 11.3. The van der Waals surface area contributed by atoms with Gasteiger partial charge in [-0.15, -0.1) is 35.3 Å². The van der Waals surface area contributed by atoms with Gasteiger partial charge in [0.1, 0.15) is 12.4 Å². The molecule has 0 bridgehead atoms. The van der Waals surface area contributed by atoms with Crippen molar-refractivity contribution in [2.24, 2.45) is 10.9 Å². The fraction of sp³-hybridized carbons (Fsp3) is 0.545. The molecule has 1 saturated heterocycles. The van der Waals surface area contributed by atoms with E-state index in [1.807, 2.05) is 19.2 Å². The maximum Gasteiger partial charge on any atom is 0.191 e. The van der Waals surface area contributed by atoms with Gasteiger partial charge in [0.2, 0.25) is 0 Å². The molecule has 0 aliphatic carbocycles. The number of aromatic nitrogens is 1. The van der Waals surface area contributed by atoms with Crippen LogP contribution in [0.1, 0.15) is 29.1 Å². The van der Waals surface area contributed by atoms with Gasteiger partial charge in [0, 0.05) is 25.5 Å². The Hall–Kier alpha value is -1.39. The van der Waals surface area contributed by atoms with Crippen molar-refractivity contribution in [2.75, 3.05) is 39.8 Å². The van der Waals surface area contributed by atoms with E-state index in [0.717, 1.165) is 49.4 Å². The fourth-order valence-electron chi connectivity index (χ4n) is 3.49. The van der Waals surface area contributed by atoms with Crippen LogP contribution in [-0.4, -0.2) is 55.7 Å². The number of halogens is 1. The first-order chi connectivity index (χ1) is 14.1. The fourth-order valence-corrected chi connectivity index (χ4v) is 4.10. The smallest absolute Gasteiger partial charge is 0.191 e. The average molecular weight is 544 g/mol. The van der Waals surface area contributed by atoms with Crippen LogP contribution in [0.2, 0.25) is 0 Å². The lowest BCUT2D eigenvalue weighted by atomic mass is 9.97. The molecule has 1 aromatic carbocycles. The van der Waals surface area contributed by atoms with Gasteiger partial charge in [-0.25, -0.2) is 4.98 Å². The number of thiazole rings is 1. The summed E-state index contributed by atoms with van der Waals surface area (Å²) >= 11 is 1.74. The maximum atomic E-state index is 5.76. The Morgan fingerprint density at radius 3 is 2.57 bits per heavy atom. The summed E-state index contributed by atoms with van der Waals surface area (Å²) in [5.74, 6) is 2.43. The second-order valence-electron chi connectivity index (χ2n) is 7.62. The van der Waals surface area contributed by atoms with Crippen LogP contribution in [0.5, 0.6) is 5.75 Å². The number of guanidine groups is 1. The van der Waals surface area contributed by atoms with E-state index in [1.165, 1.54) is 24.1 Å². The van der Waals surface area contributed by atoms with Gasteiger partial charge in [-0.1, -0.05) is 17.7 Å². The monoisotopic (exact) mass is 543 g/mol. The van der Waals surface area contributed by atoms with Gasteiger partial charge in [0.05, 0.1) is 17.2 Å². The molecule has 1 fully saturated rings. The minimum absolute atomic E-state index is 0. The summed E-state index contributed by atoms with van der Waals surface area (Å²) in [4.78, 5) is 11.4.